The second-order valence-electron chi connectivity index (χ2n) is 7.45. The molecule has 148 valence electrons. The van der Waals surface area contributed by atoms with E-state index in [1.165, 1.54) is 0 Å². The number of amides is 1. The fourth-order valence-electron chi connectivity index (χ4n) is 3.65. The van der Waals surface area contributed by atoms with E-state index >= 15 is 0 Å². The minimum absolute atomic E-state index is 0.00646. The van der Waals surface area contributed by atoms with E-state index < -0.39 is 0 Å². The molecule has 4 rings (SSSR count). The molecule has 8 heteroatoms. The smallest absolute Gasteiger partial charge is 0.272 e. The van der Waals surface area contributed by atoms with Gasteiger partial charge >= 0.3 is 0 Å². The second-order valence-corrected chi connectivity index (χ2v) is 7.45. The van der Waals surface area contributed by atoms with E-state index in [1.54, 1.807) is 6.07 Å². The third kappa shape index (κ3) is 4.06. The standard InChI is InChI=1S/C20H27N7O/c1-16-15-17(19(28)26-9-7-24(2)8-10-26)23-20(22-16)27-13-11-25(12-14-27)18-5-3-4-6-21-18/h3-6,15H,7-14H2,1-2H3. The Balaban J connectivity index is 1.45. The molecule has 4 heterocycles. The molecule has 2 fully saturated rings. The molecule has 2 aliphatic rings. The Morgan fingerprint density at radius 3 is 2.32 bits per heavy atom. The second kappa shape index (κ2) is 8.10. The van der Waals surface area contributed by atoms with Crippen LogP contribution in [0.25, 0.3) is 0 Å². The van der Waals surface area contributed by atoms with Crippen LogP contribution < -0.4 is 9.80 Å². The highest BCUT2D eigenvalue weighted by Crippen LogP contribution is 2.18. The number of nitrogens with zero attached hydrogens (tertiary/aromatic N) is 7. The Kier molecular flexibility index (Phi) is 5.38. The Morgan fingerprint density at radius 2 is 1.64 bits per heavy atom. The number of carbonyl (C=O) groups excluding carboxylic acids is 1. The van der Waals surface area contributed by atoms with E-state index in [0.29, 0.717) is 11.6 Å². The van der Waals surface area contributed by atoms with Crippen molar-refractivity contribution in [2.75, 3.05) is 69.2 Å². The van der Waals surface area contributed by atoms with Crippen LogP contribution in [0, 0.1) is 6.92 Å². The first-order valence-corrected chi connectivity index (χ1v) is 9.84. The maximum atomic E-state index is 12.9. The van der Waals surface area contributed by atoms with Crippen molar-refractivity contribution in [3.8, 4) is 0 Å². The van der Waals surface area contributed by atoms with E-state index in [-0.39, 0.29) is 5.91 Å². The maximum Gasteiger partial charge on any atom is 0.272 e. The van der Waals surface area contributed by atoms with Crippen LogP contribution in [-0.2, 0) is 0 Å². The highest BCUT2D eigenvalue weighted by atomic mass is 16.2. The zero-order chi connectivity index (χ0) is 19.5. The molecular weight excluding hydrogens is 354 g/mol. The van der Waals surface area contributed by atoms with Crippen LogP contribution in [0.15, 0.2) is 30.5 Å². The first kappa shape index (κ1) is 18.6. The lowest BCUT2D eigenvalue weighted by atomic mass is 10.2. The zero-order valence-electron chi connectivity index (χ0n) is 16.6. The van der Waals surface area contributed by atoms with Gasteiger partial charge in [0.25, 0.3) is 5.91 Å². The molecule has 1 amide bonds. The predicted molar refractivity (Wildman–Crippen MR) is 109 cm³/mol. The van der Waals surface area contributed by atoms with Gasteiger partial charge in [0.15, 0.2) is 0 Å². The fraction of sp³-hybridized carbons (Fsp3) is 0.500. The summed E-state index contributed by atoms with van der Waals surface area (Å²) in [6.45, 7) is 8.55. The summed E-state index contributed by atoms with van der Waals surface area (Å²) in [7, 11) is 2.08. The number of piperazine rings is 2. The van der Waals surface area contributed by atoms with E-state index in [1.807, 2.05) is 36.2 Å². The Bertz CT molecular complexity index is 813. The number of hydrogen-bond acceptors (Lipinski definition) is 7. The fourth-order valence-corrected chi connectivity index (χ4v) is 3.65. The van der Waals surface area contributed by atoms with Crippen LogP contribution in [0.4, 0.5) is 11.8 Å². The summed E-state index contributed by atoms with van der Waals surface area (Å²) in [5, 5.41) is 0. The molecule has 0 aromatic carbocycles. The number of aromatic nitrogens is 3. The molecule has 28 heavy (non-hydrogen) atoms. The molecule has 0 spiro atoms. The summed E-state index contributed by atoms with van der Waals surface area (Å²) in [5.41, 5.74) is 1.33. The van der Waals surface area contributed by atoms with E-state index in [4.69, 9.17) is 0 Å². The number of carbonyl (C=O) groups is 1. The summed E-state index contributed by atoms with van der Waals surface area (Å²) in [5.74, 6) is 1.66. The summed E-state index contributed by atoms with van der Waals surface area (Å²) >= 11 is 0. The van der Waals surface area contributed by atoms with Gasteiger partial charge in [-0.25, -0.2) is 15.0 Å². The molecule has 0 atom stereocenters. The molecule has 2 aromatic heterocycles. The molecule has 2 aliphatic heterocycles. The molecule has 2 saturated heterocycles. The normalized spacial score (nSPS) is 18.4. The molecule has 0 aliphatic carbocycles. The van der Waals surface area contributed by atoms with Crippen LogP contribution in [-0.4, -0.2) is 90.1 Å². The molecule has 0 radical (unpaired) electrons. The summed E-state index contributed by atoms with van der Waals surface area (Å²) < 4.78 is 0. The first-order chi connectivity index (χ1) is 13.6. The molecule has 0 unspecified atom stereocenters. The summed E-state index contributed by atoms with van der Waals surface area (Å²) in [6.07, 6.45) is 1.82. The van der Waals surface area contributed by atoms with Gasteiger partial charge in [-0.15, -0.1) is 0 Å². The van der Waals surface area contributed by atoms with Crippen molar-refractivity contribution in [2.45, 2.75) is 6.92 Å². The third-order valence-corrected chi connectivity index (χ3v) is 5.39. The average Bonchev–Trinajstić information content (AvgIpc) is 2.74. The van der Waals surface area contributed by atoms with Gasteiger partial charge in [0.05, 0.1) is 0 Å². The minimum Gasteiger partial charge on any atom is -0.353 e. The Hall–Kier alpha value is -2.74. The van der Waals surface area contributed by atoms with Crippen molar-refractivity contribution in [1.29, 1.82) is 0 Å². The highest BCUT2D eigenvalue weighted by Gasteiger charge is 2.25. The highest BCUT2D eigenvalue weighted by molar-refractivity contribution is 5.92. The monoisotopic (exact) mass is 381 g/mol. The molecular formula is C20H27N7O. The predicted octanol–water partition coefficient (Wildman–Crippen LogP) is 0.894. The third-order valence-electron chi connectivity index (χ3n) is 5.39. The Labute approximate surface area is 165 Å². The number of likely N-dealkylation sites (N-methyl/N-ethyl adjacent to an activating group) is 1. The Morgan fingerprint density at radius 1 is 0.929 bits per heavy atom. The lowest BCUT2D eigenvalue weighted by Gasteiger charge is -2.35. The molecule has 0 N–H and O–H groups in total. The summed E-state index contributed by atoms with van der Waals surface area (Å²) in [4.78, 5) is 35.1. The largest absolute Gasteiger partial charge is 0.353 e. The minimum atomic E-state index is 0.00646. The molecule has 2 aromatic rings. The molecule has 0 saturated carbocycles. The van der Waals surface area contributed by atoms with E-state index in [0.717, 1.165) is 63.9 Å². The number of anilines is 2. The van der Waals surface area contributed by atoms with Gasteiger partial charge in [-0.1, -0.05) is 6.07 Å². The van der Waals surface area contributed by atoms with Gasteiger partial charge in [0.1, 0.15) is 11.5 Å². The van der Waals surface area contributed by atoms with Crippen molar-refractivity contribution >= 4 is 17.7 Å². The zero-order valence-corrected chi connectivity index (χ0v) is 16.6. The summed E-state index contributed by atoms with van der Waals surface area (Å²) in [6, 6.07) is 7.77. The SMILES string of the molecule is Cc1cc(C(=O)N2CCN(C)CC2)nc(N2CCN(c3ccccn3)CC2)n1. The van der Waals surface area contributed by atoms with Gasteiger partial charge in [-0.2, -0.15) is 0 Å². The van der Waals surface area contributed by atoms with Gasteiger partial charge < -0.3 is 19.6 Å². The lowest BCUT2D eigenvalue weighted by Crippen LogP contribution is -2.48. The van der Waals surface area contributed by atoms with Crippen molar-refractivity contribution in [1.82, 2.24) is 24.8 Å². The number of rotatable bonds is 3. The lowest BCUT2D eigenvalue weighted by molar-refractivity contribution is 0.0658. The van der Waals surface area contributed by atoms with Crippen molar-refractivity contribution in [3.05, 3.63) is 41.9 Å². The number of pyridine rings is 1. The van der Waals surface area contributed by atoms with Gasteiger partial charge in [-0.3, -0.25) is 4.79 Å². The van der Waals surface area contributed by atoms with Crippen LogP contribution >= 0.6 is 0 Å². The van der Waals surface area contributed by atoms with Crippen molar-refractivity contribution in [2.24, 2.45) is 0 Å². The van der Waals surface area contributed by atoms with Crippen LogP contribution in [0.3, 0.4) is 0 Å². The van der Waals surface area contributed by atoms with Crippen LogP contribution in [0.2, 0.25) is 0 Å². The van der Waals surface area contributed by atoms with E-state index in [2.05, 4.69) is 36.7 Å². The van der Waals surface area contributed by atoms with Crippen LogP contribution in [0.5, 0.6) is 0 Å². The first-order valence-electron chi connectivity index (χ1n) is 9.84. The molecule has 0 bridgehead atoms. The van der Waals surface area contributed by atoms with E-state index in [9.17, 15) is 4.79 Å². The topological polar surface area (TPSA) is 68.7 Å². The van der Waals surface area contributed by atoms with Gasteiger partial charge in [0.2, 0.25) is 5.95 Å². The quantitative estimate of drug-likeness (QED) is 0.782. The number of hydrogen-bond donors (Lipinski definition) is 0. The van der Waals surface area contributed by atoms with Crippen LogP contribution in [0.1, 0.15) is 16.2 Å². The maximum absolute atomic E-state index is 12.9. The van der Waals surface area contributed by atoms with Gasteiger partial charge in [-0.05, 0) is 32.2 Å². The average molecular weight is 381 g/mol. The van der Waals surface area contributed by atoms with Gasteiger partial charge in [0, 0.05) is 64.2 Å². The van der Waals surface area contributed by atoms with Crippen molar-refractivity contribution < 1.29 is 4.79 Å². The number of aryl methyl sites for hydroxylation is 1. The van der Waals surface area contributed by atoms with Crippen molar-refractivity contribution in [3.63, 3.8) is 0 Å². The molecule has 8 nitrogen and oxygen atoms in total.